The van der Waals surface area contributed by atoms with Crippen molar-refractivity contribution in [1.29, 1.82) is 0 Å². The summed E-state index contributed by atoms with van der Waals surface area (Å²) in [4.78, 5) is 22.9. The summed E-state index contributed by atoms with van der Waals surface area (Å²) >= 11 is 0. The highest BCUT2D eigenvalue weighted by atomic mass is 16.1. The Hall–Kier alpha value is -2.46. The molecule has 2 rings (SSSR count). The molecule has 0 aliphatic rings. The van der Waals surface area contributed by atoms with Gasteiger partial charge in [-0.25, -0.2) is 0 Å². The van der Waals surface area contributed by atoms with E-state index >= 15 is 0 Å². The number of carbonyl (C=O) groups is 2. The third kappa shape index (κ3) is 4.26. The molecule has 1 amide bonds. The fraction of sp³-hybridized carbons (Fsp3) is 0.176. The first-order valence-electron chi connectivity index (χ1n) is 6.80. The van der Waals surface area contributed by atoms with Gasteiger partial charge in [-0.2, -0.15) is 0 Å². The molecule has 21 heavy (non-hydrogen) atoms. The lowest BCUT2D eigenvalue weighted by molar-refractivity contribution is -0.120. The van der Waals surface area contributed by atoms with Gasteiger partial charge in [0.15, 0.2) is 0 Å². The van der Waals surface area contributed by atoms with Crippen LogP contribution in [0, 0.1) is 0 Å². The monoisotopic (exact) mass is 282 g/mol. The molecule has 4 nitrogen and oxygen atoms in total. The van der Waals surface area contributed by atoms with E-state index in [1.807, 2.05) is 60.7 Å². The van der Waals surface area contributed by atoms with E-state index in [4.69, 9.17) is 5.73 Å². The quantitative estimate of drug-likeness (QED) is 0.758. The first-order chi connectivity index (χ1) is 10.2. The number of hydrogen-bond acceptors (Lipinski definition) is 3. The summed E-state index contributed by atoms with van der Waals surface area (Å²) in [7, 11) is 0. The Bertz CT molecular complexity index is 584. The maximum absolute atomic E-state index is 11.6. The van der Waals surface area contributed by atoms with Crippen LogP contribution in [0.15, 0.2) is 60.7 Å². The van der Waals surface area contributed by atoms with Gasteiger partial charge >= 0.3 is 0 Å². The second-order valence-corrected chi connectivity index (χ2v) is 4.84. The van der Waals surface area contributed by atoms with Gasteiger partial charge in [-0.1, -0.05) is 60.7 Å². The van der Waals surface area contributed by atoms with Crippen LogP contribution in [-0.2, 0) is 16.0 Å². The van der Waals surface area contributed by atoms with Crippen molar-refractivity contribution in [3.63, 3.8) is 0 Å². The first-order valence-corrected chi connectivity index (χ1v) is 6.80. The van der Waals surface area contributed by atoms with Crippen molar-refractivity contribution in [2.45, 2.75) is 18.5 Å². The number of carbonyl (C=O) groups excluding carboxylic acids is 2. The molecule has 0 aliphatic carbocycles. The summed E-state index contributed by atoms with van der Waals surface area (Å²) in [5.41, 5.74) is 7.25. The molecule has 0 heterocycles. The summed E-state index contributed by atoms with van der Waals surface area (Å²) in [6.07, 6.45) is 1.24. The van der Waals surface area contributed by atoms with Crippen molar-refractivity contribution in [1.82, 2.24) is 5.32 Å². The van der Waals surface area contributed by atoms with Gasteiger partial charge < -0.3 is 10.5 Å². The van der Waals surface area contributed by atoms with Gasteiger partial charge in [-0.05, 0) is 17.5 Å². The van der Waals surface area contributed by atoms with Gasteiger partial charge in [0, 0.05) is 0 Å². The van der Waals surface area contributed by atoms with Gasteiger partial charge in [0.1, 0.15) is 6.29 Å². The molecule has 0 saturated heterocycles. The average molecular weight is 282 g/mol. The minimum absolute atomic E-state index is 0.452. The minimum atomic E-state index is -0.595. The number of nitrogens with two attached hydrogens (primary N) is 1. The molecule has 0 aliphatic heterocycles. The standard InChI is InChI=1S/C17H18N2O2/c18-17(21)15(11-13-7-3-1-4-8-13)19-16(12-20)14-9-5-2-6-10-14/h1-10,12,15-16,19H,11H2,(H2,18,21)/t15-,16?/m0/s1. The predicted octanol–water partition coefficient (Wildman–Crippen LogP) is 1.61. The van der Waals surface area contributed by atoms with Crippen molar-refractivity contribution < 1.29 is 9.59 Å². The highest BCUT2D eigenvalue weighted by molar-refractivity contribution is 5.81. The summed E-state index contributed by atoms with van der Waals surface area (Å²) in [5, 5.41) is 3.03. The SMILES string of the molecule is NC(=O)[C@H](Cc1ccccc1)NC(C=O)c1ccccc1. The maximum Gasteiger partial charge on any atom is 0.234 e. The number of rotatable bonds is 7. The molecule has 4 heteroatoms. The summed E-state index contributed by atoms with van der Waals surface area (Å²) in [6.45, 7) is 0. The number of aldehydes is 1. The summed E-state index contributed by atoms with van der Waals surface area (Å²) in [5.74, 6) is -0.471. The molecule has 0 saturated carbocycles. The number of nitrogens with one attached hydrogen (secondary N) is 1. The molecule has 108 valence electrons. The van der Waals surface area contributed by atoms with Crippen LogP contribution in [0.25, 0.3) is 0 Å². The lowest BCUT2D eigenvalue weighted by atomic mass is 10.0. The molecule has 0 bridgehead atoms. The highest BCUT2D eigenvalue weighted by Gasteiger charge is 2.21. The zero-order chi connectivity index (χ0) is 15.1. The second-order valence-electron chi connectivity index (χ2n) is 4.84. The molecule has 0 aromatic heterocycles. The molecule has 3 N–H and O–H groups in total. The van der Waals surface area contributed by atoms with E-state index < -0.39 is 18.0 Å². The van der Waals surface area contributed by atoms with Gasteiger partial charge in [0.05, 0.1) is 12.1 Å². The zero-order valence-corrected chi connectivity index (χ0v) is 11.6. The lowest BCUT2D eigenvalue weighted by Gasteiger charge is -2.20. The number of benzene rings is 2. The Balaban J connectivity index is 2.12. The fourth-order valence-corrected chi connectivity index (χ4v) is 2.18. The lowest BCUT2D eigenvalue weighted by Crippen LogP contribution is -2.45. The molecule has 0 radical (unpaired) electrons. The van der Waals surface area contributed by atoms with E-state index in [0.29, 0.717) is 6.42 Å². The maximum atomic E-state index is 11.6. The Morgan fingerprint density at radius 3 is 2.14 bits per heavy atom. The smallest absolute Gasteiger partial charge is 0.234 e. The number of primary amides is 1. The minimum Gasteiger partial charge on any atom is -0.368 e. The van der Waals surface area contributed by atoms with Crippen molar-refractivity contribution in [2.24, 2.45) is 5.73 Å². The van der Waals surface area contributed by atoms with Gasteiger partial charge in [-0.15, -0.1) is 0 Å². The molecular weight excluding hydrogens is 264 g/mol. The number of hydrogen-bond donors (Lipinski definition) is 2. The van der Waals surface area contributed by atoms with E-state index in [0.717, 1.165) is 17.4 Å². The number of amides is 1. The van der Waals surface area contributed by atoms with Crippen LogP contribution < -0.4 is 11.1 Å². The van der Waals surface area contributed by atoms with Gasteiger partial charge in [-0.3, -0.25) is 10.1 Å². The van der Waals surface area contributed by atoms with E-state index in [1.54, 1.807) is 0 Å². The zero-order valence-electron chi connectivity index (χ0n) is 11.6. The topological polar surface area (TPSA) is 72.2 Å². The van der Waals surface area contributed by atoms with Crippen LogP contribution in [0.3, 0.4) is 0 Å². The molecule has 1 unspecified atom stereocenters. The third-order valence-electron chi connectivity index (χ3n) is 3.30. The Kier molecular flexibility index (Phi) is 5.23. The van der Waals surface area contributed by atoms with E-state index in [9.17, 15) is 9.59 Å². The van der Waals surface area contributed by atoms with Crippen molar-refractivity contribution in [2.75, 3.05) is 0 Å². The second kappa shape index (κ2) is 7.36. The van der Waals surface area contributed by atoms with Gasteiger partial charge in [0.25, 0.3) is 0 Å². The molecule has 2 aromatic rings. The van der Waals surface area contributed by atoms with E-state index in [-0.39, 0.29) is 0 Å². The summed E-state index contributed by atoms with van der Waals surface area (Å²) in [6, 6.07) is 17.7. The third-order valence-corrected chi connectivity index (χ3v) is 3.30. The fourth-order valence-electron chi connectivity index (χ4n) is 2.18. The van der Waals surface area contributed by atoms with E-state index in [2.05, 4.69) is 5.32 Å². The van der Waals surface area contributed by atoms with Gasteiger partial charge in [0.2, 0.25) is 5.91 Å². The molecule has 0 fully saturated rings. The van der Waals surface area contributed by atoms with Crippen LogP contribution in [0.5, 0.6) is 0 Å². The normalized spacial score (nSPS) is 13.3. The Labute approximate surface area is 124 Å². The van der Waals surface area contributed by atoms with Crippen LogP contribution >= 0.6 is 0 Å². The highest BCUT2D eigenvalue weighted by Crippen LogP contribution is 2.12. The Morgan fingerprint density at radius 2 is 1.62 bits per heavy atom. The largest absolute Gasteiger partial charge is 0.368 e. The summed E-state index contributed by atoms with van der Waals surface area (Å²) < 4.78 is 0. The van der Waals surface area contributed by atoms with Crippen molar-refractivity contribution in [3.05, 3.63) is 71.8 Å². The van der Waals surface area contributed by atoms with Crippen molar-refractivity contribution >= 4 is 12.2 Å². The van der Waals surface area contributed by atoms with E-state index in [1.165, 1.54) is 0 Å². The average Bonchev–Trinajstić information content (AvgIpc) is 2.53. The van der Waals surface area contributed by atoms with Crippen LogP contribution in [0.4, 0.5) is 0 Å². The van der Waals surface area contributed by atoms with Crippen LogP contribution in [-0.4, -0.2) is 18.2 Å². The first kappa shape index (κ1) is 14.9. The Morgan fingerprint density at radius 1 is 1.05 bits per heavy atom. The molecular formula is C17H18N2O2. The van der Waals surface area contributed by atoms with Crippen LogP contribution in [0.1, 0.15) is 17.2 Å². The molecule has 2 aromatic carbocycles. The molecule has 2 atom stereocenters. The van der Waals surface area contributed by atoms with Crippen LogP contribution in [0.2, 0.25) is 0 Å². The van der Waals surface area contributed by atoms with Crippen molar-refractivity contribution in [3.8, 4) is 0 Å². The predicted molar refractivity (Wildman–Crippen MR) is 81.5 cm³/mol. The molecule has 0 spiro atoms.